The van der Waals surface area contributed by atoms with E-state index in [1.807, 2.05) is 30.3 Å². The molecule has 1 aliphatic rings. The highest BCUT2D eigenvalue weighted by molar-refractivity contribution is 5.85. The highest BCUT2D eigenvalue weighted by Gasteiger charge is 2.44. The van der Waals surface area contributed by atoms with Crippen LogP contribution in [-0.2, 0) is 22.6 Å². The van der Waals surface area contributed by atoms with Gasteiger partial charge in [0, 0.05) is 26.1 Å². The summed E-state index contributed by atoms with van der Waals surface area (Å²) in [6, 6.07) is 18.2. The number of aromatic nitrogens is 3. The fourth-order valence-corrected chi connectivity index (χ4v) is 4.35. The third kappa shape index (κ3) is 4.66. The summed E-state index contributed by atoms with van der Waals surface area (Å²) < 4.78 is 1.71. The third-order valence-electron chi connectivity index (χ3n) is 6.10. The maximum absolute atomic E-state index is 12.8. The first-order valence-electron chi connectivity index (χ1n) is 10.6. The van der Waals surface area contributed by atoms with Crippen LogP contribution in [0.1, 0.15) is 24.8 Å². The molecule has 2 aromatic carbocycles. The summed E-state index contributed by atoms with van der Waals surface area (Å²) in [7, 11) is 0. The van der Waals surface area contributed by atoms with Gasteiger partial charge in [-0.3, -0.25) is 14.3 Å². The van der Waals surface area contributed by atoms with Crippen molar-refractivity contribution >= 4 is 11.8 Å². The van der Waals surface area contributed by atoms with Crippen molar-refractivity contribution in [2.75, 3.05) is 13.1 Å². The summed E-state index contributed by atoms with van der Waals surface area (Å²) in [5.41, 5.74) is 8.44. The molecule has 0 unspecified atom stereocenters. The zero-order valence-corrected chi connectivity index (χ0v) is 17.5. The maximum Gasteiger partial charge on any atom is 0.225 e. The summed E-state index contributed by atoms with van der Waals surface area (Å²) in [6.45, 7) is 1.57. The Morgan fingerprint density at radius 2 is 1.84 bits per heavy atom. The van der Waals surface area contributed by atoms with E-state index in [2.05, 4.69) is 34.3 Å². The molecule has 3 aromatic rings. The molecule has 31 heavy (non-hydrogen) atoms. The van der Waals surface area contributed by atoms with Gasteiger partial charge in [-0.15, -0.1) is 0 Å². The molecule has 4 rings (SSSR count). The van der Waals surface area contributed by atoms with Crippen LogP contribution in [0.2, 0.25) is 0 Å². The van der Waals surface area contributed by atoms with Crippen molar-refractivity contribution in [3.8, 4) is 11.1 Å². The lowest BCUT2D eigenvalue weighted by Crippen LogP contribution is -2.42. The monoisotopic (exact) mass is 417 g/mol. The fraction of sp³-hybridized carbons (Fsp3) is 0.333. The second-order valence-corrected chi connectivity index (χ2v) is 8.17. The Balaban J connectivity index is 1.46. The quantitative estimate of drug-likeness (QED) is 0.610. The van der Waals surface area contributed by atoms with Crippen LogP contribution in [0.25, 0.3) is 11.1 Å². The Morgan fingerprint density at radius 1 is 1.06 bits per heavy atom. The van der Waals surface area contributed by atoms with Crippen LogP contribution >= 0.6 is 0 Å². The summed E-state index contributed by atoms with van der Waals surface area (Å²) >= 11 is 0. The van der Waals surface area contributed by atoms with E-state index in [0.717, 1.165) is 16.7 Å². The number of benzene rings is 2. The van der Waals surface area contributed by atoms with Gasteiger partial charge in [0.1, 0.15) is 12.7 Å². The molecule has 1 fully saturated rings. The normalized spacial score (nSPS) is 18.3. The average Bonchev–Trinajstić information content (AvgIpc) is 3.46. The minimum Gasteiger partial charge on any atom is -0.369 e. The topological polar surface area (TPSA) is 94.1 Å². The summed E-state index contributed by atoms with van der Waals surface area (Å²) in [4.78, 5) is 31.0. The van der Waals surface area contributed by atoms with Gasteiger partial charge in [0.15, 0.2) is 0 Å². The van der Waals surface area contributed by atoms with E-state index in [-0.39, 0.29) is 11.8 Å². The van der Waals surface area contributed by atoms with Crippen molar-refractivity contribution in [3.63, 3.8) is 0 Å². The van der Waals surface area contributed by atoms with Crippen molar-refractivity contribution in [3.05, 3.63) is 72.8 Å². The SMILES string of the molecule is NC(=O)[C@]1(Cc2ccccc2-c2ccccc2)CCN(C(=O)CCCn2cncn2)C1. The molecule has 1 atom stereocenters. The number of rotatable bonds is 8. The molecule has 1 saturated heterocycles. The first kappa shape index (κ1) is 20.8. The molecule has 7 nitrogen and oxygen atoms in total. The van der Waals surface area contributed by atoms with Crippen LogP contribution in [0.3, 0.4) is 0 Å². The third-order valence-corrected chi connectivity index (χ3v) is 6.10. The van der Waals surface area contributed by atoms with E-state index in [1.54, 1.807) is 15.9 Å². The number of aryl methyl sites for hydroxylation is 1. The largest absolute Gasteiger partial charge is 0.369 e. The van der Waals surface area contributed by atoms with Gasteiger partial charge in [0.2, 0.25) is 11.8 Å². The van der Waals surface area contributed by atoms with E-state index < -0.39 is 5.41 Å². The maximum atomic E-state index is 12.8. The van der Waals surface area contributed by atoms with Crippen LogP contribution in [-0.4, -0.2) is 44.6 Å². The number of amides is 2. The lowest BCUT2D eigenvalue weighted by atomic mass is 9.78. The summed E-state index contributed by atoms with van der Waals surface area (Å²) in [5.74, 6) is -0.284. The zero-order valence-electron chi connectivity index (χ0n) is 17.5. The number of nitrogens with zero attached hydrogens (tertiary/aromatic N) is 4. The Bertz CT molecular complexity index is 1040. The van der Waals surface area contributed by atoms with E-state index in [4.69, 9.17) is 5.73 Å². The van der Waals surface area contributed by atoms with E-state index in [0.29, 0.717) is 45.3 Å². The minimum atomic E-state index is -0.744. The Kier molecular flexibility index (Phi) is 6.11. The number of likely N-dealkylation sites (tertiary alicyclic amines) is 1. The number of nitrogens with two attached hydrogens (primary N) is 1. The van der Waals surface area contributed by atoms with Crippen LogP contribution in [0, 0.1) is 5.41 Å². The average molecular weight is 418 g/mol. The van der Waals surface area contributed by atoms with Gasteiger partial charge < -0.3 is 10.6 Å². The van der Waals surface area contributed by atoms with Crippen molar-refractivity contribution in [2.24, 2.45) is 11.1 Å². The molecule has 2 amide bonds. The van der Waals surface area contributed by atoms with Gasteiger partial charge in [-0.25, -0.2) is 4.98 Å². The molecule has 160 valence electrons. The minimum absolute atomic E-state index is 0.0552. The Labute approximate surface area is 181 Å². The van der Waals surface area contributed by atoms with Crippen LogP contribution in [0.4, 0.5) is 0 Å². The molecule has 2 heterocycles. The second kappa shape index (κ2) is 9.12. The molecule has 2 N–H and O–H groups in total. The predicted octanol–water partition coefficient (Wildman–Crippen LogP) is 2.67. The van der Waals surface area contributed by atoms with Crippen molar-refractivity contribution in [1.82, 2.24) is 19.7 Å². The predicted molar refractivity (Wildman–Crippen MR) is 118 cm³/mol. The van der Waals surface area contributed by atoms with E-state index >= 15 is 0 Å². The highest BCUT2D eigenvalue weighted by Crippen LogP contribution is 2.37. The van der Waals surface area contributed by atoms with Crippen LogP contribution < -0.4 is 5.73 Å². The van der Waals surface area contributed by atoms with Gasteiger partial charge >= 0.3 is 0 Å². The Hall–Kier alpha value is -3.48. The summed E-state index contributed by atoms with van der Waals surface area (Å²) in [6.07, 6.45) is 5.32. The van der Waals surface area contributed by atoms with Gasteiger partial charge in [-0.1, -0.05) is 54.6 Å². The standard InChI is InChI=1S/C24H27N5O2/c25-23(31)24(15-20-9-4-5-10-21(20)19-7-2-1-3-8-19)12-14-28(16-24)22(30)11-6-13-29-18-26-17-27-29/h1-5,7-10,17-18H,6,11-16H2,(H2,25,31)/t24-/m0/s1. The lowest BCUT2D eigenvalue weighted by molar-refractivity contribution is -0.132. The van der Waals surface area contributed by atoms with Crippen LogP contribution in [0.15, 0.2) is 67.3 Å². The molecule has 0 aliphatic carbocycles. The number of carbonyl (C=O) groups excluding carboxylic acids is 2. The molecule has 1 aromatic heterocycles. The molecule has 1 aliphatic heterocycles. The zero-order chi connectivity index (χ0) is 21.7. The highest BCUT2D eigenvalue weighted by atomic mass is 16.2. The Morgan fingerprint density at radius 3 is 2.58 bits per heavy atom. The number of hydrogen-bond donors (Lipinski definition) is 1. The number of hydrogen-bond acceptors (Lipinski definition) is 4. The molecular weight excluding hydrogens is 390 g/mol. The van der Waals surface area contributed by atoms with Crippen molar-refractivity contribution in [2.45, 2.75) is 32.2 Å². The first-order chi connectivity index (χ1) is 15.1. The molecule has 0 saturated carbocycles. The molecule has 0 spiro atoms. The molecule has 0 bridgehead atoms. The van der Waals surface area contributed by atoms with E-state index in [9.17, 15) is 9.59 Å². The lowest BCUT2D eigenvalue weighted by Gasteiger charge is -2.27. The smallest absolute Gasteiger partial charge is 0.225 e. The van der Waals surface area contributed by atoms with Gasteiger partial charge in [-0.2, -0.15) is 5.10 Å². The van der Waals surface area contributed by atoms with Gasteiger partial charge in [0.05, 0.1) is 5.41 Å². The first-order valence-corrected chi connectivity index (χ1v) is 10.6. The van der Waals surface area contributed by atoms with Gasteiger partial charge in [-0.05, 0) is 36.0 Å². The molecular formula is C24H27N5O2. The van der Waals surface area contributed by atoms with Gasteiger partial charge in [0.25, 0.3) is 0 Å². The van der Waals surface area contributed by atoms with Crippen molar-refractivity contribution in [1.29, 1.82) is 0 Å². The molecule has 0 radical (unpaired) electrons. The summed E-state index contributed by atoms with van der Waals surface area (Å²) in [5, 5.41) is 4.06. The van der Waals surface area contributed by atoms with Crippen LogP contribution in [0.5, 0.6) is 0 Å². The number of primary amides is 1. The molecule has 7 heteroatoms. The van der Waals surface area contributed by atoms with Crippen molar-refractivity contribution < 1.29 is 9.59 Å². The second-order valence-electron chi connectivity index (χ2n) is 8.17. The fourth-order valence-electron chi connectivity index (χ4n) is 4.35. The van der Waals surface area contributed by atoms with E-state index in [1.165, 1.54) is 6.33 Å². The number of carbonyl (C=O) groups is 2.